The number of fused-ring (bicyclic) bond motifs is 1. The van der Waals surface area contributed by atoms with E-state index < -0.39 is 0 Å². The Morgan fingerprint density at radius 3 is 2.88 bits per heavy atom. The third-order valence-electron chi connectivity index (χ3n) is 3.94. The van der Waals surface area contributed by atoms with Crippen molar-refractivity contribution in [2.45, 2.75) is 26.3 Å². The highest BCUT2D eigenvalue weighted by atomic mass is 32.1. The van der Waals surface area contributed by atoms with Gasteiger partial charge in [-0.1, -0.05) is 30.3 Å². The zero-order valence-corrected chi connectivity index (χ0v) is 14.5. The molecule has 0 aliphatic carbocycles. The van der Waals surface area contributed by atoms with Gasteiger partial charge in [0.15, 0.2) is 4.96 Å². The first kappa shape index (κ1) is 16.7. The van der Waals surface area contributed by atoms with Crippen LogP contribution in [0.2, 0.25) is 0 Å². The number of aryl methyl sites for hydroxylation is 2. The Morgan fingerprint density at radius 2 is 2.12 bits per heavy atom. The van der Waals surface area contributed by atoms with Crippen molar-refractivity contribution in [3.8, 4) is 0 Å². The third kappa shape index (κ3) is 3.83. The Morgan fingerprint density at radius 1 is 1.33 bits per heavy atom. The molecule has 0 atom stereocenters. The zero-order valence-electron chi connectivity index (χ0n) is 13.7. The maximum absolute atomic E-state index is 12.6. The summed E-state index contributed by atoms with van der Waals surface area (Å²) in [5, 5.41) is 11.3. The van der Waals surface area contributed by atoms with Crippen molar-refractivity contribution in [2.75, 3.05) is 13.2 Å². The fraction of sp³-hybridized carbons (Fsp3) is 0.333. The Balaban J connectivity index is 1.64. The number of rotatable bonds is 7. The van der Waals surface area contributed by atoms with Crippen LogP contribution in [-0.4, -0.2) is 38.4 Å². The number of aromatic nitrogens is 2. The van der Waals surface area contributed by atoms with Crippen molar-refractivity contribution >= 4 is 22.2 Å². The Bertz CT molecular complexity index is 810. The topological polar surface area (TPSA) is 57.8 Å². The summed E-state index contributed by atoms with van der Waals surface area (Å²) < 4.78 is 2.06. The Labute approximate surface area is 145 Å². The molecule has 3 aromatic rings. The summed E-state index contributed by atoms with van der Waals surface area (Å²) in [5.74, 6) is 0.0593. The minimum absolute atomic E-state index is 0.0258. The molecule has 3 rings (SSSR count). The minimum Gasteiger partial charge on any atom is -0.395 e. The van der Waals surface area contributed by atoms with Crippen LogP contribution in [0.15, 0.2) is 41.9 Å². The van der Waals surface area contributed by atoms with E-state index >= 15 is 0 Å². The van der Waals surface area contributed by atoms with Gasteiger partial charge in [0.2, 0.25) is 5.91 Å². The van der Waals surface area contributed by atoms with Gasteiger partial charge in [-0.15, -0.1) is 11.3 Å². The quantitative estimate of drug-likeness (QED) is 0.717. The fourth-order valence-corrected chi connectivity index (χ4v) is 3.68. The molecule has 0 aliphatic rings. The van der Waals surface area contributed by atoms with E-state index in [4.69, 9.17) is 0 Å². The summed E-state index contributed by atoms with van der Waals surface area (Å²) in [4.78, 5) is 19.7. The molecule has 0 fully saturated rings. The fourth-order valence-electron chi connectivity index (χ4n) is 2.73. The van der Waals surface area contributed by atoms with Gasteiger partial charge in [-0.25, -0.2) is 4.98 Å². The van der Waals surface area contributed by atoms with Crippen molar-refractivity contribution in [3.63, 3.8) is 0 Å². The summed E-state index contributed by atoms with van der Waals surface area (Å²) in [6.07, 6.45) is 3.10. The van der Waals surface area contributed by atoms with Gasteiger partial charge in [-0.2, -0.15) is 0 Å². The molecular weight excluding hydrogens is 322 g/mol. The lowest BCUT2D eigenvalue weighted by Crippen LogP contribution is -2.33. The number of nitrogens with zero attached hydrogens (tertiary/aromatic N) is 3. The summed E-state index contributed by atoms with van der Waals surface area (Å²) in [5.41, 5.74) is 3.16. The zero-order chi connectivity index (χ0) is 16.9. The van der Waals surface area contributed by atoms with Gasteiger partial charge in [-0.3, -0.25) is 9.20 Å². The molecule has 0 bridgehead atoms. The molecule has 2 aromatic heterocycles. The number of benzene rings is 1. The van der Waals surface area contributed by atoms with E-state index in [1.807, 2.05) is 43.5 Å². The van der Waals surface area contributed by atoms with Crippen LogP contribution in [0.1, 0.15) is 23.4 Å². The van der Waals surface area contributed by atoms with Gasteiger partial charge >= 0.3 is 0 Å². The van der Waals surface area contributed by atoms with E-state index in [2.05, 4.69) is 14.8 Å². The molecule has 0 saturated carbocycles. The molecule has 0 spiro atoms. The molecule has 0 aliphatic heterocycles. The molecular formula is C18H21N3O2S. The number of thiazole rings is 1. The number of hydrogen-bond acceptors (Lipinski definition) is 4. The lowest BCUT2D eigenvalue weighted by Gasteiger charge is -2.22. The second kappa shape index (κ2) is 7.59. The van der Waals surface area contributed by atoms with Crippen molar-refractivity contribution < 1.29 is 9.90 Å². The maximum atomic E-state index is 12.6. The monoisotopic (exact) mass is 343 g/mol. The highest BCUT2D eigenvalue weighted by molar-refractivity contribution is 7.15. The van der Waals surface area contributed by atoms with Crippen LogP contribution < -0.4 is 0 Å². The largest absolute Gasteiger partial charge is 0.395 e. The highest BCUT2D eigenvalue weighted by Gasteiger charge is 2.15. The van der Waals surface area contributed by atoms with Crippen LogP contribution in [0.3, 0.4) is 0 Å². The van der Waals surface area contributed by atoms with Gasteiger partial charge in [0.1, 0.15) is 0 Å². The molecule has 1 N–H and O–H groups in total. The van der Waals surface area contributed by atoms with Crippen LogP contribution in [-0.2, 0) is 17.8 Å². The Hall–Kier alpha value is -2.18. The number of hydrogen-bond donors (Lipinski definition) is 1. The van der Waals surface area contributed by atoms with Crippen molar-refractivity contribution in [3.05, 3.63) is 58.9 Å². The number of carbonyl (C=O) groups is 1. The number of aliphatic hydroxyl groups excluding tert-OH is 1. The molecule has 24 heavy (non-hydrogen) atoms. The summed E-state index contributed by atoms with van der Waals surface area (Å²) >= 11 is 1.59. The van der Waals surface area contributed by atoms with Gasteiger partial charge in [0.05, 0.1) is 12.3 Å². The Kier molecular flexibility index (Phi) is 5.27. The van der Waals surface area contributed by atoms with E-state index in [1.165, 1.54) is 0 Å². The van der Waals surface area contributed by atoms with Gasteiger partial charge in [0, 0.05) is 36.8 Å². The van der Waals surface area contributed by atoms with Gasteiger partial charge < -0.3 is 10.0 Å². The van der Waals surface area contributed by atoms with Crippen LogP contribution in [0.4, 0.5) is 0 Å². The van der Waals surface area contributed by atoms with Crippen LogP contribution >= 0.6 is 11.3 Å². The molecule has 0 radical (unpaired) electrons. The normalized spacial score (nSPS) is 11.1. The second-order valence-corrected chi connectivity index (χ2v) is 6.62. The van der Waals surface area contributed by atoms with E-state index in [-0.39, 0.29) is 12.5 Å². The first-order valence-electron chi connectivity index (χ1n) is 8.02. The smallest absolute Gasteiger partial charge is 0.223 e. The molecule has 126 valence electrons. The predicted octanol–water partition coefficient (Wildman–Crippen LogP) is 2.66. The number of imidazole rings is 1. The minimum atomic E-state index is -0.0258. The van der Waals surface area contributed by atoms with E-state index in [0.29, 0.717) is 25.9 Å². The number of aliphatic hydroxyl groups is 1. The molecule has 2 heterocycles. The predicted molar refractivity (Wildman–Crippen MR) is 95.1 cm³/mol. The SMILES string of the molecule is Cc1cn2c(CCC(=O)N(CCO)Cc3ccccc3)csc2n1. The second-order valence-electron chi connectivity index (χ2n) is 5.79. The lowest BCUT2D eigenvalue weighted by atomic mass is 10.2. The average molecular weight is 343 g/mol. The molecule has 5 nitrogen and oxygen atoms in total. The van der Waals surface area contributed by atoms with Gasteiger partial charge in [0.25, 0.3) is 0 Å². The standard InChI is InChI=1S/C18H21N3O2S/c1-14-11-21-16(13-24-18(21)19-14)7-8-17(23)20(9-10-22)12-15-5-3-2-4-6-15/h2-6,11,13,22H,7-10,12H2,1H3. The van der Waals surface area contributed by atoms with Crippen molar-refractivity contribution in [2.24, 2.45) is 0 Å². The van der Waals surface area contributed by atoms with E-state index in [1.54, 1.807) is 16.2 Å². The molecule has 0 unspecified atom stereocenters. The van der Waals surface area contributed by atoms with Crippen molar-refractivity contribution in [1.29, 1.82) is 0 Å². The van der Waals surface area contributed by atoms with Crippen LogP contribution in [0.25, 0.3) is 4.96 Å². The van der Waals surface area contributed by atoms with E-state index in [9.17, 15) is 9.90 Å². The molecule has 6 heteroatoms. The highest BCUT2D eigenvalue weighted by Crippen LogP contribution is 2.18. The number of carbonyl (C=O) groups excluding carboxylic acids is 1. The van der Waals surface area contributed by atoms with Crippen LogP contribution in [0.5, 0.6) is 0 Å². The van der Waals surface area contributed by atoms with Crippen LogP contribution in [0, 0.1) is 6.92 Å². The van der Waals surface area contributed by atoms with Gasteiger partial charge in [-0.05, 0) is 18.9 Å². The summed E-state index contributed by atoms with van der Waals surface area (Å²) in [7, 11) is 0. The summed E-state index contributed by atoms with van der Waals surface area (Å²) in [6.45, 7) is 2.83. The lowest BCUT2D eigenvalue weighted by molar-refractivity contribution is -0.132. The van der Waals surface area contributed by atoms with Crippen molar-refractivity contribution in [1.82, 2.24) is 14.3 Å². The maximum Gasteiger partial charge on any atom is 0.223 e. The third-order valence-corrected chi connectivity index (χ3v) is 4.83. The number of amides is 1. The molecule has 0 saturated heterocycles. The molecule has 1 amide bonds. The summed E-state index contributed by atoms with van der Waals surface area (Å²) in [6, 6.07) is 9.86. The average Bonchev–Trinajstić information content (AvgIpc) is 3.12. The first-order chi connectivity index (χ1) is 11.7. The first-order valence-corrected chi connectivity index (χ1v) is 8.90. The van der Waals surface area contributed by atoms with E-state index in [0.717, 1.165) is 21.9 Å². The molecule has 1 aromatic carbocycles.